The van der Waals surface area contributed by atoms with Crippen LogP contribution in [0.4, 0.5) is 4.79 Å². The van der Waals surface area contributed by atoms with Crippen LogP contribution in [0, 0.1) is 29.1 Å². The first-order valence-electron chi connectivity index (χ1n) is 14.9. The van der Waals surface area contributed by atoms with E-state index in [1.807, 2.05) is 6.92 Å². The lowest BCUT2D eigenvalue weighted by Gasteiger charge is -2.36. The molecule has 1 aromatic heterocycles. The summed E-state index contributed by atoms with van der Waals surface area (Å²) in [6, 6.07) is 5.68. The Morgan fingerprint density at radius 1 is 1.15 bits per heavy atom. The van der Waals surface area contributed by atoms with E-state index in [4.69, 9.17) is 4.99 Å². The Bertz CT molecular complexity index is 1020. The van der Waals surface area contributed by atoms with Gasteiger partial charge in [0.05, 0.1) is 12.0 Å². The fraction of sp³-hybridized carbons (Fsp3) is 0.700. The number of nitriles is 1. The number of amides is 3. The number of carbonyl (C=O) groups excluding carboxylic acids is 2. The molecule has 212 valence electrons. The van der Waals surface area contributed by atoms with E-state index in [-0.39, 0.29) is 23.9 Å². The highest BCUT2D eigenvalue weighted by atomic mass is 16.2. The minimum atomic E-state index is -0.578. The first-order valence-corrected chi connectivity index (χ1v) is 14.9. The lowest BCUT2D eigenvalue weighted by Crippen LogP contribution is -2.46. The predicted octanol–water partition coefficient (Wildman–Crippen LogP) is 4.01. The summed E-state index contributed by atoms with van der Waals surface area (Å²) in [5, 5.41) is 18.5. The standard InChI is InChI=1S/C30H45N7O2/c1-3-33-30(39)36-28(23-11-14-32-15-12-23)35-27(17-22-7-5-4-6-8-22)29(38)34-25-13-16-37(20-25)26-10-9-21(2)24(18-26)19-31/h11-12,14-15,21-22,24-27H,3-10,13,16-18,20H2,1-2H3,(H,34,38)(H2,33,35,36,39). The van der Waals surface area contributed by atoms with E-state index < -0.39 is 6.04 Å². The predicted molar refractivity (Wildman–Crippen MR) is 152 cm³/mol. The van der Waals surface area contributed by atoms with Crippen molar-refractivity contribution in [2.45, 2.75) is 96.2 Å². The maximum atomic E-state index is 13.8. The molecule has 3 amide bonds. The Labute approximate surface area is 233 Å². The van der Waals surface area contributed by atoms with E-state index in [0.29, 0.717) is 36.7 Å². The molecule has 4 rings (SSSR count). The first-order chi connectivity index (χ1) is 19.0. The molecule has 39 heavy (non-hydrogen) atoms. The number of likely N-dealkylation sites (tertiary alicyclic amines) is 1. The molecule has 2 saturated carbocycles. The molecule has 3 fully saturated rings. The summed E-state index contributed by atoms with van der Waals surface area (Å²) in [7, 11) is 0. The summed E-state index contributed by atoms with van der Waals surface area (Å²) < 4.78 is 0. The number of rotatable bonds is 8. The molecule has 5 unspecified atom stereocenters. The molecule has 0 radical (unpaired) electrons. The third-order valence-corrected chi connectivity index (χ3v) is 8.81. The lowest BCUT2D eigenvalue weighted by atomic mass is 9.78. The van der Waals surface area contributed by atoms with Crippen molar-refractivity contribution in [3.8, 4) is 6.07 Å². The van der Waals surface area contributed by atoms with Gasteiger partial charge in [-0.1, -0.05) is 39.0 Å². The van der Waals surface area contributed by atoms with Crippen LogP contribution in [0.3, 0.4) is 0 Å². The number of urea groups is 1. The molecule has 3 N–H and O–H groups in total. The normalized spacial score (nSPS) is 27.4. The van der Waals surface area contributed by atoms with Crippen LogP contribution in [0.1, 0.15) is 83.6 Å². The van der Waals surface area contributed by atoms with Gasteiger partial charge >= 0.3 is 6.03 Å². The molecule has 1 saturated heterocycles. The molecule has 3 aliphatic rings. The van der Waals surface area contributed by atoms with Crippen LogP contribution >= 0.6 is 0 Å². The Kier molecular flexibility index (Phi) is 10.7. The van der Waals surface area contributed by atoms with Crippen molar-refractivity contribution in [1.29, 1.82) is 5.26 Å². The topological polar surface area (TPSA) is 123 Å². The zero-order chi connectivity index (χ0) is 27.6. The number of pyridine rings is 1. The smallest absolute Gasteiger partial charge is 0.320 e. The number of amidine groups is 1. The first kappa shape index (κ1) is 29.0. The van der Waals surface area contributed by atoms with E-state index in [1.54, 1.807) is 24.5 Å². The van der Waals surface area contributed by atoms with Crippen molar-refractivity contribution in [3.63, 3.8) is 0 Å². The van der Waals surface area contributed by atoms with Crippen molar-refractivity contribution in [3.05, 3.63) is 30.1 Å². The van der Waals surface area contributed by atoms with Crippen molar-refractivity contribution < 1.29 is 9.59 Å². The van der Waals surface area contributed by atoms with Crippen molar-refractivity contribution in [1.82, 2.24) is 25.8 Å². The Morgan fingerprint density at radius 3 is 2.64 bits per heavy atom. The molecule has 2 heterocycles. The van der Waals surface area contributed by atoms with Gasteiger partial charge in [0.2, 0.25) is 5.91 Å². The minimum Gasteiger partial charge on any atom is -0.350 e. The van der Waals surface area contributed by atoms with Crippen LogP contribution in [-0.4, -0.2) is 65.4 Å². The molecule has 1 aromatic rings. The SMILES string of the molecule is CCNC(=O)NC(=NC(CC1CCCCC1)C(=O)NC1CCN(C2CCC(C)C(C#N)C2)C1)c1ccncc1. The van der Waals surface area contributed by atoms with Gasteiger partial charge in [-0.15, -0.1) is 0 Å². The highest BCUT2D eigenvalue weighted by Crippen LogP contribution is 2.33. The molecule has 2 aliphatic carbocycles. The van der Waals surface area contributed by atoms with E-state index in [1.165, 1.54) is 19.3 Å². The largest absolute Gasteiger partial charge is 0.350 e. The van der Waals surface area contributed by atoms with E-state index >= 15 is 0 Å². The zero-order valence-electron chi connectivity index (χ0n) is 23.6. The van der Waals surface area contributed by atoms with Crippen LogP contribution in [0.5, 0.6) is 0 Å². The number of hydrogen-bond acceptors (Lipinski definition) is 6. The number of aliphatic imine (C=N–C) groups is 1. The number of nitrogens with one attached hydrogen (secondary N) is 3. The van der Waals surface area contributed by atoms with E-state index in [2.05, 4.69) is 38.8 Å². The van der Waals surface area contributed by atoms with Crippen LogP contribution in [0.2, 0.25) is 0 Å². The van der Waals surface area contributed by atoms with Crippen molar-refractivity contribution in [2.75, 3.05) is 19.6 Å². The van der Waals surface area contributed by atoms with Gasteiger partial charge in [0.1, 0.15) is 11.9 Å². The summed E-state index contributed by atoms with van der Waals surface area (Å²) in [4.78, 5) is 37.7. The van der Waals surface area contributed by atoms with Crippen molar-refractivity contribution >= 4 is 17.8 Å². The Morgan fingerprint density at radius 2 is 1.92 bits per heavy atom. The summed E-state index contributed by atoms with van der Waals surface area (Å²) in [6.45, 7) is 6.30. The van der Waals surface area contributed by atoms with Crippen LogP contribution in [0.15, 0.2) is 29.5 Å². The Hall–Kier alpha value is -2.99. The summed E-state index contributed by atoms with van der Waals surface area (Å²) in [6.07, 6.45) is 13.9. The zero-order valence-corrected chi connectivity index (χ0v) is 23.6. The third-order valence-electron chi connectivity index (χ3n) is 8.81. The van der Waals surface area contributed by atoms with Gasteiger partial charge in [-0.3, -0.25) is 25.0 Å². The summed E-state index contributed by atoms with van der Waals surface area (Å²) >= 11 is 0. The molecule has 0 aromatic carbocycles. The summed E-state index contributed by atoms with van der Waals surface area (Å²) in [5.41, 5.74) is 0.725. The molecular formula is C30H45N7O2. The van der Waals surface area contributed by atoms with Gasteiger partial charge in [-0.25, -0.2) is 4.79 Å². The maximum absolute atomic E-state index is 13.8. The average Bonchev–Trinajstić information content (AvgIpc) is 3.42. The molecule has 5 atom stereocenters. The van der Waals surface area contributed by atoms with Gasteiger partial charge in [0.25, 0.3) is 0 Å². The minimum absolute atomic E-state index is 0.0659. The average molecular weight is 536 g/mol. The maximum Gasteiger partial charge on any atom is 0.320 e. The quantitative estimate of drug-likeness (QED) is 0.343. The van der Waals surface area contributed by atoms with Gasteiger partial charge in [0, 0.05) is 49.7 Å². The number of hydrogen-bond donors (Lipinski definition) is 3. The number of nitrogens with zero attached hydrogens (tertiary/aromatic N) is 4. The van der Waals surface area contributed by atoms with Gasteiger partial charge in [-0.05, 0) is 63.0 Å². The second-order valence-corrected chi connectivity index (χ2v) is 11.6. The molecule has 0 bridgehead atoms. The molecule has 0 spiro atoms. The molecular weight excluding hydrogens is 490 g/mol. The lowest BCUT2D eigenvalue weighted by molar-refractivity contribution is -0.123. The van der Waals surface area contributed by atoms with Gasteiger partial charge in [0.15, 0.2) is 0 Å². The van der Waals surface area contributed by atoms with Gasteiger partial charge < -0.3 is 10.6 Å². The fourth-order valence-corrected chi connectivity index (χ4v) is 6.46. The van der Waals surface area contributed by atoms with Crippen LogP contribution < -0.4 is 16.0 Å². The third kappa shape index (κ3) is 8.25. The monoisotopic (exact) mass is 535 g/mol. The van der Waals surface area contributed by atoms with Gasteiger partial charge in [-0.2, -0.15) is 5.26 Å². The second kappa shape index (κ2) is 14.4. The number of aromatic nitrogens is 1. The van der Waals surface area contributed by atoms with Crippen LogP contribution in [0.25, 0.3) is 0 Å². The molecule has 9 nitrogen and oxygen atoms in total. The van der Waals surface area contributed by atoms with Crippen LogP contribution in [-0.2, 0) is 4.79 Å². The Balaban J connectivity index is 1.47. The second-order valence-electron chi connectivity index (χ2n) is 11.6. The fourth-order valence-electron chi connectivity index (χ4n) is 6.46. The van der Waals surface area contributed by atoms with E-state index in [9.17, 15) is 14.9 Å². The summed E-state index contributed by atoms with van der Waals surface area (Å²) in [5.74, 6) is 1.37. The molecule has 1 aliphatic heterocycles. The highest BCUT2D eigenvalue weighted by Gasteiger charge is 2.36. The van der Waals surface area contributed by atoms with Crippen molar-refractivity contribution in [2.24, 2.45) is 22.7 Å². The molecule has 9 heteroatoms. The number of carbonyl (C=O) groups is 2. The highest BCUT2D eigenvalue weighted by molar-refractivity contribution is 6.08. The van der Waals surface area contributed by atoms with E-state index in [0.717, 1.165) is 57.2 Å².